The number of hydrogen-bond acceptors (Lipinski definition) is 9. The van der Waals surface area contributed by atoms with E-state index in [4.69, 9.17) is 65.4 Å². The average Bonchev–Trinajstić information content (AvgIpc) is 1.54. The van der Waals surface area contributed by atoms with Crippen molar-refractivity contribution in [1.82, 2.24) is 72.3 Å². The third-order valence-corrected chi connectivity index (χ3v) is 27.8. The number of benzene rings is 21. The van der Waals surface area contributed by atoms with Gasteiger partial charge in [-0.05, 0) is 112 Å². The van der Waals surface area contributed by atoms with Crippen LogP contribution < -0.4 is 0 Å². The minimum Gasteiger partial charge on any atom is -0.307 e. The molecular formula is C135H87N15. The second-order valence-electron chi connectivity index (χ2n) is 36.3. The molecule has 150 heavy (non-hydrogen) atoms. The van der Waals surface area contributed by atoms with E-state index in [9.17, 15) is 0 Å². The van der Waals surface area contributed by atoms with Crippen LogP contribution in [0.1, 0.15) is 20.6 Å². The summed E-state index contributed by atoms with van der Waals surface area (Å²) in [5.74, 6) is 3.74. The summed E-state index contributed by atoms with van der Waals surface area (Å²) < 4.78 is 139. The molecule has 0 saturated heterocycles. The van der Waals surface area contributed by atoms with E-state index in [0.717, 1.165) is 165 Å². The first-order valence-corrected chi connectivity index (χ1v) is 49.2. The molecule has 0 N–H and O–H groups in total. The highest BCUT2D eigenvalue weighted by Crippen LogP contribution is 2.48. The first-order chi connectivity index (χ1) is 80.7. The van der Waals surface area contributed by atoms with E-state index in [1.165, 1.54) is 0 Å². The Morgan fingerprint density at radius 2 is 0.367 bits per heavy atom. The van der Waals surface area contributed by atoms with Crippen molar-refractivity contribution in [3.63, 3.8) is 0 Å². The topological polar surface area (TPSA) is 146 Å². The molecule has 0 aliphatic heterocycles. The van der Waals surface area contributed by atoms with Gasteiger partial charge in [-0.15, -0.1) is 0 Å². The standard InChI is InChI=1S/3C45H29N5/c1-4-15-30(16-5-1)32-19-14-20-33(29-32)44-46-43(31-17-6-2-7-18-31)47-45(48-44)50-40-26-13-11-24-36(40)38-28-27-37-35-23-10-12-25-39(35)49(41(37)42(38)50)34-21-8-3-9-22-34;1-4-14-30(15-5-1)31-24-26-33(27-25-31)44-46-43(32-16-6-2-7-17-32)47-45(48-44)50-40-23-13-11-21-36(40)38-29-28-37-35-20-10-12-22-39(35)49(41(37)42(38)50)34-18-8-3-9-19-34;1-4-16-30(17-5-1)33-22-10-11-25-38(33)44-46-43(31-18-6-2-7-19-31)47-45(48-44)50-40-27-15-13-24-35(40)37-29-28-36-34-23-12-14-26-39(34)49(41(36)42(37)50)32-20-8-3-9-21-32/h3*1-29H/i1D,4D,5D,15D,16D;1D,4D,5D,14D,15D;1D,4D,5D,16D,17D. The first-order valence-electron chi connectivity index (χ1n) is 56.7. The van der Waals surface area contributed by atoms with Gasteiger partial charge >= 0.3 is 0 Å². The Morgan fingerprint density at radius 1 is 0.140 bits per heavy atom. The SMILES string of the molecule is [2H]c1c([2H])c([2H])c(-c2ccc(-c3nc(-c4ccccc4)nc(-n4c5ccccc5c5ccc6c7ccccc7n(-c7ccccc7)c6c54)n3)cc2)c([2H])c1[2H].[2H]c1c([2H])c([2H])c(-c2cccc(-c3nc(-c4ccccc4)nc(-n4c5ccccc5c5ccc6c7ccccc7n(-c7ccccc7)c6c54)n3)c2)c([2H])c1[2H].[2H]c1c([2H])c([2H])c(-c2ccccc2-c2nc(-c3ccccc3)nc(-n3c4ccccc4c4ccc5c6ccccc6n(-c6ccccc6)c5c43)n2)c([2H])c1[2H]. The lowest BCUT2D eigenvalue weighted by molar-refractivity contribution is 0.953. The minimum absolute atomic E-state index is 0.0794. The van der Waals surface area contributed by atoms with Crippen molar-refractivity contribution >= 4 is 131 Å². The van der Waals surface area contributed by atoms with Gasteiger partial charge in [-0.1, -0.05) is 449 Å². The molecule has 0 aliphatic carbocycles. The van der Waals surface area contributed by atoms with Crippen LogP contribution in [0.25, 0.3) is 267 Å². The Morgan fingerprint density at radius 3 is 0.700 bits per heavy atom. The molecule has 0 fully saturated rings. The number of para-hydroxylation sites is 9. The highest BCUT2D eigenvalue weighted by atomic mass is 15.2. The fourth-order valence-electron chi connectivity index (χ4n) is 21.3. The average molecular weight is 1930 g/mol. The molecule has 30 aromatic rings. The van der Waals surface area contributed by atoms with Crippen molar-refractivity contribution in [1.29, 1.82) is 0 Å². The summed E-state index contributed by atoms with van der Waals surface area (Å²) in [5, 5.41) is 13.0. The first kappa shape index (κ1) is 72.7. The molecule has 9 aromatic heterocycles. The number of nitrogens with zero attached hydrogens (tertiary/aromatic N) is 15. The van der Waals surface area contributed by atoms with Gasteiger partial charge in [-0.25, -0.2) is 15.0 Å². The quantitative estimate of drug-likeness (QED) is 0.0979. The maximum absolute atomic E-state index is 8.83. The van der Waals surface area contributed by atoms with Crippen LogP contribution in [0, 0.1) is 0 Å². The molecule has 0 amide bonds. The molecule has 0 atom stereocenters. The summed E-state index contributed by atoms with van der Waals surface area (Å²) in [6.45, 7) is 0. The zero-order valence-corrected chi connectivity index (χ0v) is 79.8. The van der Waals surface area contributed by atoms with E-state index in [0.29, 0.717) is 86.2 Å². The Labute approximate surface area is 882 Å². The van der Waals surface area contributed by atoms with E-state index < -0.39 is 30.2 Å². The van der Waals surface area contributed by atoms with Crippen molar-refractivity contribution in [2.45, 2.75) is 0 Å². The summed E-state index contributed by atoms with van der Waals surface area (Å²) >= 11 is 0. The van der Waals surface area contributed by atoms with Crippen LogP contribution in [0.3, 0.4) is 0 Å². The number of aromatic nitrogens is 15. The highest BCUT2D eigenvalue weighted by Gasteiger charge is 2.30. The maximum atomic E-state index is 8.83. The van der Waals surface area contributed by atoms with Gasteiger partial charge in [0.05, 0.1) is 86.8 Å². The molecular weight excluding hydrogens is 1830 g/mol. The second kappa shape index (κ2) is 37.0. The number of hydrogen-bond donors (Lipinski definition) is 0. The van der Waals surface area contributed by atoms with Gasteiger partial charge in [0.15, 0.2) is 34.9 Å². The molecule has 0 spiro atoms. The van der Waals surface area contributed by atoms with Gasteiger partial charge < -0.3 is 13.7 Å². The predicted octanol–water partition coefficient (Wildman–Crippen LogP) is 33.2. The molecule has 15 nitrogen and oxygen atoms in total. The molecule has 30 rings (SSSR count). The van der Waals surface area contributed by atoms with E-state index in [-0.39, 0.29) is 77.1 Å². The zero-order valence-electron chi connectivity index (χ0n) is 94.8. The molecule has 702 valence electrons. The summed E-state index contributed by atoms with van der Waals surface area (Å²) in [6, 6.07) is 140. The second-order valence-corrected chi connectivity index (χ2v) is 36.3. The zero-order chi connectivity index (χ0) is 112. The van der Waals surface area contributed by atoms with Crippen LogP contribution in [-0.4, -0.2) is 72.3 Å². The molecule has 9 heterocycles. The summed E-state index contributed by atoms with van der Waals surface area (Å²) in [5.41, 5.74) is 20.9. The van der Waals surface area contributed by atoms with Gasteiger partial charge in [0.2, 0.25) is 17.8 Å². The third-order valence-electron chi connectivity index (χ3n) is 27.8. The van der Waals surface area contributed by atoms with Crippen LogP contribution in [0.15, 0.2) is 527 Å². The highest BCUT2D eigenvalue weighted by molar-refractivity contribution is 6.27. The lowest BCUT2D eigenvalue weighted by atomic mass is 9.99. The lowest BCUT2D eigenvalue weighted by Gasteiger charge is -2.14. The van der Waals surface area contributed by atoms with Crippen LogP contribution in [0.4, 0.5) is 0 Å². The maximum Gasteiger partial charge on any atom is 0.238 e. The van der Waals surface area contributed by atoms with Gasteiger partial charge in [-0.2, -0.15) is 29.9 Å². The number of fused-ring (bicyclic) bond motifs is 21. The molecule has 0 bridgehead atoms. The van der Waals surface area contributed by atoms with Crippen LogP contribution in [0.5, 0.6) is 0 Å². The van der Waals surface area contributed by atoms with E-state index in [2.05, 4.69) is 234 Å². The van der Waals surface area contributed by atoms with Crippen molar-refractivity contribution in [3.8, 4) is 137 Å². The van der Waals surface area contributed by atoms with Crippen LogP contribution in [0.2, 0.25) is 0 Å². The van der Waals surface area contributed by atoms with Gasteiger partial charge in [0.1, 0.15) is 0 Å². The van der Waals surface area contributed by atoms with Crippen LogP contribution >= 0.6 is 0 Å². The molecule has 0 aliphatic rings. The van der Waals surface area contributed by atoms with E-state index in [1.54, 1.807) is 42.5 Å². The van der Waals surface area contributed by atoms with Crippen molar-refractivity contribution in [2.24, 2.45) is 0 Å². The summed E-state index contributed by atoms with van der Waals surface area (Å²) in [7, 11) is 0. The Kier molecular flexibility index (Phi) is 17.9. The van der Waals surface area contributed by atoms with Crippen LogP contribution in [-0.2, 0) is 0 Å². The minimum atomic E-state index is -0.448. The molecule has 15 heteroatoms. The summed E-state index contributed by atoms with van der Waals surface area (Å²) in [4.78, 5) is 46.1. The molecule has 0 unspecified atom stereocenters. The van der Waals surface area contributed by atoms with E-state index >= 15 is 0 Å². The molecule has 0 saturated carbocycles. The molecule has 0 radical (unpaired) electrons. The Hall–Kier alpha value is -20.6. The van der Waals surface area contributed by atoms with Gasteiger partial charge in [0, 0.05) is 115 Å². The predicted molar refractivity (Wildman–Crippen MR) is 614 cm³/mol. The Bertz CT molecular complexity index is 11400. The van der Waals surface area contributed by atoms with Gasteiger partial charge in [-0.3, -0.25) is 13.7 Å². The smallest absolute Gasteiger partial charge is 0.238 e. The molecule has 21 aromatic carbocycles. The Balaban J connectivity index is 0.000000116. The summed E-state index contributed by atoms with van der Waals surface area (Å²) in [6.07, 6.45) is 0. The van der Waals surface area contributed by atoms with Crippen molar-refractivity contribution in [2.75, 3.05) is 0 Å². The fraction of sp³-hybridized carbons (Fsp3) is 0. The van der Waals surface area contributed by atoms with Crippen molar-refractivity contribution in [3.05, 3.63) is 527 Å². The largest absolute Gasteiger partial charge is 0.307 e. The fourth-order valence-corrected chi connectivity index (χ4v) is 21.3. The monoisotopic (exact) mass is 1930 g/mol. The van der Waals surface area contributed by atoms with E-state index in [1.807, 2.05) is 188 Å². The number of rotatable bonds is 15. The van der Waals surface area contributed by atoms with Gasteiger partial charge in [0.25, 0.3) is 0 Å². The van der Waals surface area contributed by atoms with Crippen molar-refractivity contribution < 1.29 is 20.6 Å². The third kappa shape index (κ3) is 15.1. The lowest BCUT2D eigenvalue weighted by Crippen LogP contribution is -2.07. The normalized spacial score (nSPS) is 13.0.